The van der Waals surface area contributed by atoms with E-state index in [0.717, 1.165) is 12.0 Å². The SMILES string of the molecule is C[C@@H](c1ccccc1)N1C(=O)[C@H]2[C@@H]3C[C@H]([C@@H](Br)[C@H]3Br)[C@@H]2C1=O. The van der Waals surface area contributed by atoms with Crippen LogP contribution in [0.15, 0.2) is 30.3 Å². The Balaban J connectivity index is 1.67. The van der Waals surface area contributed by atoms with Gasteiger partial charge in [-0.05, 0) is 30.7 Å². The molecule has 0 N–H and O–H groups in total. The third-order valence-electron chi connectivity index (χ3n) is 5.69. The summed E-state index contributed by atoms with van der Waals surface area (Å²) in [5.74, 6) is 0.377. The van der Waals surface area contributed by atoms with Crippen LogP contribution in [0.3, 0.4) is 0 Å². The number of carbonyl (C=O) groups excluding carboxylic acids is 2. The first-order chi connectivity index (χ1) is 10.5. The zero-order valence-electron chi connectivity index (χ0n) is 12.2. The molecule has 3 aliphatic rings. The Bertz CT molecular complexity index is 603. The second-order valence-corrected chi connectivity index (χ2v) is 8.75. The van der Waals surface area contributed by atoms with Crippen molar-refractivity contribution in [2.24, 2.45) is 23.7 Å². The summed E-state index contributed by atoms with van der Waals surface area (Å²) >= 11 is 7.44. The molecule has 5 heteroatoms. The fourth-order valence-corrected chi connectivity index (χ4v) is 6.51. The number of rotatable bonds is 2. The van der Waals surface area contributed by atoms with Gasteiger partial charge in [0.1, 0.15) is 0 Å². The number of carbonyl (C=O) groups is 2. The molecule has 116 valence electrons. The van der Waals surface area contributed by atoms with Gasteiger partial charge in [-0.25, -0.2) is 0 Å². The molecule has 2 saturated carbocycles. The van der Waals surface area contributed by atoms with Gasteiger partial charge in [-0.1, -0.05) is 62.2 Å². The first kappa shape index (κ1) is 14.9. The zero-order valence-corrected chi connectivity index (χ0v) is 15.3. The summed E-state index contributed by atoms with van der Waals surface area (Å²) in [6, 6.07) is 9.62. The van der Waals surface area contributed by atoms with E-state index in [1.807, 2.05) is 37.3 Å². The van der Waals surface area contributed by atoms with Gasteiger partial charge < -0.3 is 0 Å². The first-order valence-electron chi connectivity index (χ1n) is 7.72. The second-order valence-electron chi connectivity index (χ2n) is 6.64. The van der Waals surface area contributed by atoms with E-state index < -0.39 is 0 Å². The number of benzene rings is 1. The van der Waals surface area contributed by atoms with Crippen molar-refractivity contribution < 1.29 is 9.59 Å². The largest absolute Gasteiger partial charge is 0.275 e. The molecule has 2 aliphatic carbocycles. The van der Waals surface area contributed by atoms with Crippen molar-refractivity contribution in [2.75, 3.05) is 0 Å². The average Bonchev–Trinajstić information content (AvgIpc) is 3.13. The molecular formula is C17H17Br2NO2. The molecule has 3 fully saturated rings. The summed E-state index contributed by atoms with van der Waals surface area (Å²) in [7, 11) is 0. The molecule has 7 atom stereocenters. The molecule has 1 aliphatic heterocycles. The van der Waals surface area contributed by atoms with Gasteiger partial charge in [-0.15, -0.1) is 0 Å². The summed E-state index contributed by atoms with van der Waals surface area (Å²) in [5.41, 5.74) is 1.02. The van der Waals surface area contributed by atoms with E-state index in [0.29, 0.717) is 9.65 Å². The van der Waals surface area contributed by atoms with Gasteiger partial charge in [0, 0.05) is 9.65 Å². The quantitative estimate of drug-likeness (QED) is 0.535. The minimum atomic E-state index is -0.186. The van der Waals surface area contributed by atoms with Gasteiger partial charge in [0.25, 0.3) is 0 Å². The predicted molar refractivity (Wildman–Crippen MR) is 90.7 cm³/mol. The molecule has 0 aromatic heterocycles. The molecule has 0 radical (unpaired) electrons. The van der Waals surface area contributed by atoms with Crippen LogP contribution in [-0.2, 0) is 9.59 Å². The summed E-state index contributed by atoms with van der Waals surface area (Å²) < 4.78 is 0. The van der Waals surface area contributed by atoms with E-state index in [1.54, 1.807) is 0 Å². The Hall–Kier alpha value is -0.680. The number of alkyl halides is 2. The topological polar surface area (TPSA) is 37.4 Å². The summed E-state index contributed by atoms with van der Waals surface area (Å²) in [6.07, 6.45) is 0.978. The molecule has 22 heavy (non-hydrogen) atoms. The van der Waals surface area contributed by atoms with E-state index in [1.165, 1.54) is 4.90 Å². The predicted octanol–water partition coefficient (Wildman–Crippen LogP) is 3.53. The zero-order chi connectivity index (χ0) is 15.6. The van der Waals surface area contributed by atoms with E-state index in [4.69, 9.17) is 0 Å². The third kappa shape index (κ3) is 1.84. The Kier molecular flexibility index (Phi) is 3.49. The van der Waals surface area contributed by atoms with E-state index in [9.17, 15) is 9.59 Å². The summed E-state index contributed by atoms with van der Waals surface area (Å²) in [6.45, 7) is 1.95. The molecule has 1 saturated heterocycles. The maximum atomic E-state index is 12.9. The highest BCUT2D eigenvalue weighted by molar-refractivity contribution is 9.12. The van der Waals surface area contributed by atoms with Crippen LogP contribution >= 0.6 is 31.9 Å². The van der Waals surface area contributed by atoms with E-state index in [2.05, 4.69) is 31.9 Å². The first-order valence-corrected chi connectivity index (χ1v) is 9.55. The number of hydrogen-bond donors (Lipinski definition) is 0. The molecule has 1 aromatic rings. The number of likely N-dealkylation sites (tertiary alicyclic amines) is 1. The highest BCUT2D eigenvalue weighted by Crippen LogP contribution is 2.60. The molecular weight excluding hydrogens is 410 g/mol. The fraction of sp³-hybridized carbons (Fsp3) is 0.529. The van der Waals surface area contributed by atoms with Gasteiger partial charge in [-0.2, -0.15) is 0 Å². The minimum Gasteiger partial charge on any atom is -0.275 e. The summed E-state index contributed by atoms with van der Waals surface area (Å²) in [4.78, 5) is 28.0. The molecule has 1 heterocycles. The lowest BCUT2D eigenvalue weighted by Gasteiger charge is -2.28. The molecule has 0 spiro atoms. The number of fused-ring (bicyclic) bond motifs is 5. The van der Waals surface area contributed by atoms with Gasteiger partial charge in [0.15, 0.2) is 0 Å². The maximum absolute atomic E-state index is 12.9. The van der Waals surface area contributed by atoms with Crippen molar-refractivity contribution in [1.82, 2.24) is 4.90 Å². The third-order valence-corrected chi connectivity index (χ3v) is 8.90. The standard InChI is InChI=1S/C17H17Br2NO2/c1-8(9-5-3-2-4-6-9)20-16(21)12-10-7-11(13(12)17(20)22)15(19)14(10)18/h2-6,8,10-15H,7H2,1H3/t8-,10-,11-,12-,13-,14-,15+/m0/s1. The molecule has 2 amide bonds. The highest BCUT2D eigenvalue weighted by atomic mass is 79.9. The smallest absolute Gasteiger partial charge is 0.233 e. The van der Waals surface area contributed by atoms with Crippen molar-refractivity contribution >= 4 is 43.7 Å². The number of hydrogen-bond acceptors (Lipinski definition) is 2. The van der Waals surface area contributed by atoms with Crippen LogP contribution in [0.2, 0.25) is 0 Å². The molecule has 2 bridgehead atoms. The van der Waals surface area contributed by atoms with Gasteiger partial charge >= 0.3 is 0 Å². The molecule has 4 rings (SSSR count). The lowest BCUT2D eigenvalue weighted by atomic mass is 9.81. The Morgan fingerprint density at radius 3 is 2.00 bits per heavy atom. The lowest BCUT2D eigenvalue weighted by molar-refractivity contribution is -0.143. The van der Waals surface area contributed by atoms with E-state index >= 15 is 0 Å². The highest BCUT2D eigenvalue weighted by Gasteiger charge is 2.66. The van der Waals surface area contributed by atoms with Crippen molar-refractivity contribution in [2.45, 2.75) is 29.0 Å². The summed E-state index contributed by atoms with van der Waals surface area (Å²) in [5, 5.41) is 0. The fourth-order valence-electron chi connectivity index (χ4n) is 4.63. The monoisotopic (exact) mass is 425 g/mol. The van der Waals surface area contributed by atoms with Crippen LogP contribution in [-0.4, -0.2) is 26.4 Å². The van der Waals surface area contributed by atoms with Crippen LogP contribution < -0.4 is 0 Å². The Labute approximate surface area is 146 Å². The van der Waals surface area contributed by atoms with Crippen LogP contribution in [0.4, 0.5) is 0 Å². The van der Waals surface area contributed by atoms with Gasteiger partial charge in [0.2, 0.25) is 11.8 Å². The Morgan fingerprint density at radius 2 is 1.50 bits per heavy atom. The van der Waals surface area contributed by atoms with E-state index in [-0.39, 0.29) is 41.5 Å². The number of amides is 2. The minimum absolute atomic E-state index is 0.0303. The number of imide groups is 1. The number of nitrogens with zero attached hydrogens (tertiary/aromatic N) is 1. The Morgan fingerprint density at radius 1 is 1.00 bits per heavy atom. The van der Waals surface area contributed by atoms with Crippen molar-refractivity contribution in [3.63, 3.8) is 0 Å². The van der Waals surface area contributed by atoms with Crippen LogP contribution in [0.5, 0.6) is 0 Å². The van der Waals surface area contributed by atoms with Crippen molar-refractivity contribution in [3.05, 3.63) is 35.9 Å². The van der Waals surface area contributed by atoms with Crippen LogP contribution in [0.25, 0.3) is 0 Å². The molecule has 0 unspecified atom stereocenters. The average molecular weight is 427 g/mol. The number of halogens is 2. The maximum Gasteiger partial charge on any atom is 0.233 e. The molecule has 1 aromatic carbocycles. The van der Waals surface area contributed by atoms with Gasteiger partial charge in [-0.3, -0.25) is 14.5 Å². The normalized spacial score (nSPS) is 41.1. The lowest BCUT2D eigenvalue weighted by Crippen LogP contribution is -2.37. The van der Waals surface area contributed by atoms with Crippen molar-refractivity contribution in [1.29, 1.82) is 0 Å². The van der Waals surface area contributed by atoms with Gasteiger partial charge in [0.05, 0.1) is 17.9 Å². The van der Waals surface area contributed by atoms with Crippen molar-refractivity contribution in [3.8, 4) is 0 Å². The second kappa shape index (κ2) is 5.17. The van der Waals surface area contributed by atoms with Crippen LogP contribution in [0.1, 0.15) is 24.9 Å². The molecule has 3 nitrogen and oxygen atoms in total. The van der Waals surface area contributed by atoms with Crippen LogP contribution in [0, 0.1) is 23.7 Å².